The number of benzene rings is 1. The van der Waals surface area contributed by atoms with Gasteiger partial charge >= 0.3 is 0 Å². The van der Waals surface area contributed by atoms with Crippen LogP contribution in [-0.2, 0) is 0 Å². The first-order chi connectivity index (χ1) is 7.02. The van der Waals surface area contributed by atoms with E-state index >= 15 is 0 Å². The van der Waals surface area contributed by atoms with E-state index in [4.69, 9.17) is 0 Å². The predicted molar refractivity (Wildman–Crippen MR) is 71.8 cm³/mol. The second kappa shape index (κ2) is 5.75. The summed E-state index contributed by atoms with van der Waals surface area (Å²) in [4.78, 5) is 0.399. The van der Waals surface area contributed by atoms with E-state index in [9.17, 15) is 5.11 Å². The molecular weight excluding hydrogens is 322 g/mol. The summed E-state index contributed by atoms with van der Waals surface area (Å²) in [7, 11) is 0. The summed E-state index contributed by atoms with van der Waals surface area (Å²) < 4.78 is 0.711. The molecule has 0 bridgehead atoms. The quantitative estimate of drug-likeness (QED) is 0.643. The van der Waals surface area contributed by atoms with Gasteiger partial charge in [-0.15, -0.1) is 0 Å². The molecule has 2 nitrogen and oxygen atoms in total. The molecule has 0 aromatic heterocycles. The van der Waals surface area contributed by atoms with Crippen LogP contribution in [0.15, 0.2) is 22.7 Å². The van der Waals surface area contributed by atoms with Gasteiger partial charge in [0.1, 0.15) is 0 Å². The van der Waals surface area contributed by atoms with Gasteiger partial charge in [0.05, 0.1) is 10.2 Å². The van der Waals surface area contributed by atoms with Gasteiger partial charge in [0.2, 0.25) is 0 Å². The molecular formula is C11H15Br2NO. The average molecular weight is 337 g/mol. The fourth-order valence-corrected chi connectivity index (χ4v) is 1.63. The smallest absolute Gasteiger partial charge is 0.152 e. The van der Waals surface area contributed by atoms with Crippen LogP contribution in [0.3, 0.4) is 0 Å². The Hall–Kier alpha value is -0.220. The van der Waals surface area contributed by atoms with Gasteiger partial charge in [-0.25, -0.2) is 0 Å². The number of aromatic hydroxyl groups is 1. The highest BCUT2D eigenvalue weighted by atomic mass is 79.9. The second-order valence-corrected chi connectivity index (χ2v) is 5.81. The highest BCUT2D eigenvalue weighted by Crippen LogP contribution is 2.31. The van der Waals surface area contributed by atoms with Crippen molar-refractivity contribution in [3.8, 4) is 5.75 Å². The Morgan fingerprint density at radius 1 is 1.40 bits per heavy atom. The van der Waals surface area contributed by atoms with Crippen molar-refractivity contribution in [2.24, 2.45) is 5.92 Å². The molecule has 1 atom stereocenters. The Balaban J connectivity index is 2.62. The molecule has 0 spiro atoms. The van der Waals surface area contributed by atoms with Crippen LogP contribution in [0, 0.1) is 5.92 Å². The number of phenols is 1. The molecule has 4 heteroatoms. The summed E-state index contributed by atoms with van der Waals surface area (Å²) in [5.74, 6) is 0.827. The zero-order chi connectivity index (χ0) is 11.4. The van der Waals surface area contributed by atoms with Gasteiger partial charge in [-0.1, -0.05) is 35.8 Å². The first-order valence-electron chi connectivity index (χ1n) is 4.87. The highest BCUT2D eigenvalue weighted by molar-refractivity contribution is 9.10. The summed E-state index contributed by atoms with van der Waals surface area (Å²) in [5.41, 5.74) is 0.759. The van der Waals surface area contributed by atoms with E-state index in [0.717, 1.165) is 12.2 Å². The van der Waals surface area contributed by atoms with Gasteiger partial charge in [0.25, 0.3) is 0 Å². The Bertz CT molecular complexity index is 328. The number of alkyl halides is 1. The molecule has 0 heterocycles. The van der Waals surface area contributed by atoms with E-state index in [1.54, 1.807) is 0 Å². The lowest BCUT2D eigenvalue weighted by Crippen LogP contribution is -2.19. The largest absolute Gasteiger partial charge is 0.505 e. The first kappa shape index (κ1) is 12.8. The number of phenolic OH excluding ortho intramolecular Hbond substituents is 1. The fraction of sp³-hybridized carbons (Fsp3) is 0.455. The summed E-state index contributed by atoms with van der Waals surface area (Å²) in [5, 5.41) is 12.9. The van der Waals surface area contributed by atoms with Crippen LogP contribution in [0.25, 0.3) is 0 Å². The molecule has 0 aliphatic rings. The van der Waals surface area contributed by atoms with E-state index in [1.807, 2.05) is 18.2 Å². The standard InChI is InChI=1S/C11H15Br2NO/c1-7(2)9(13)6-14-10-5-3-4-8(12)11(10)15/h3-5,7,9,14-15H,6H2,1-2H3. The Labute approximate surface area is 107 Å². The lowest BCUT2D eigenvalue weighted by atomic mass is 10.1. The van der Waals surface area contributed by atoms with E-state index in [1.165, 1.54) is 0 Å². The van der Waals surface area contributed by atoms with Crippen molar-refractivity contribution >= 4 is 37.5 Å². The topological polar surface area (TPSA) is 32.3 Å². The molecule has 0 aliphatic heterocycles. The molecule has 0 saturated heterocycles. The highest BCUT2D eigenvalue weighted by Gasteiger charge is 2.10. The minimum atomic E-state index is 0.265. The molecule has 2 N–H and O–H groups in total. The van der Waals surface area contributed by atoms with Crippen molar-refractivity contribution in [3.05, 3.63) is 22.7 Å². The van der Waals surface area contributed by atoms with Crippen LogP contribution in [0.2, 0.25) is 0 Å². The van der Waals surface area contributed by atoms with Crippen molar-refractivity contribution in [1.82, 2.24) is 0 Å². The van der Waals surface area contributed by atoms with E-state index in [0.29, 0.717) is 15.2 Å². The maximum atomic E-state index is 9.72. The third-order valence-corrected chi connectivity index (χ3v) is 4.22. The molecule has 0 fully saturated rings. The van der Waals surface area contributed by atoms with Gasteiger partial charge in [-0.2, -0.15) is 0 Å². The first-order valence-corrected chi connectivity index (χ1v) is 6.58. The Morgan fingerprint density at radius 3 is 2.67 bits per heavy atom. The summed E-state index contributed by atoms with van der Waals surface area (Å²) in [6.45, 7) is 5.10. The molecule has 1 aromatic rings. The van der Waals surface area contributed by atoms with Gasteiger partial charge < -0.3 is 10.4 Å². The average Bonchev–Trinajstić information content (AvgIpc) is 2.19. The SMILES string of the molecule is CC(C)C(Br)CNc1cccc(Br)c1O. The number of halogens is 2. The molecule has 84 valence electrons. The zero-order valence-electron chi connectivity index (χ0n) is 8.80. The van der Waals surface area contributed by atoms with Crippen molar-refractivity contribution < 1.29 is 5.11 Å². The maximum Gasteiger partial charge on any atom is 0.152 e. The van der Waals surface area contributed by atoms with Gasteiger partial charge in [0, 0.05) is 11.4 Å². The van der Waals surface area contributed by atoms with Gasteiger partial charge in [-0.3, -0.25) is 0 Å². The van der Waals surface area contributed by atoms with E-state index in [2.05, 4.69) is 51.0 Å². The Morgan fingerprint density at radius 2 is 2.07 bits per heavy atom. The number of nitrogens with one attached hydrogen (secondary N) is 1. The molecule has 0 saturated carbocycles. The zero-order valence-corrected chi connectivity index (χ0v) is 12.0. The lowest BCUT2D eigenvalue weighted by Gasteiger charge is -2.16. The minimum absolute atomic E-state index is 0.265. The van der Waals surface area contributed by atoms with Crippen molar-refractivity contribution in [2.45, 2.75) is 18.7 Å². The van der Waals surface area contributed by atoms with E-state index in [-0.39, 0.29) is 5.75 Å². The van der Waals surface area contributed by atoms with Gasteiger partial charge in [0.15, 0.2) is 5.75 Å². The third kappa shape index (κ3) is 3.68. The Kier molecular flexibility index (Phi) is 4.93. The molecule has 0 radical (unpaired) electrons. The minimum Gasteiger partial charge on any atom is -0.505 e. The van der Waals surface area contributed by atoms with E-state index < -0.39 is 0 Å². The van der Waals surface area contributed by atoms with Crippen LogP contribution >= 0.6 is 31.9 Å². The van der Waals surface area contributed by atoms with Crippen molar-refractivity contribution in [1.29, 1.82) is 0 Å². The second-order valence-electron chi connectivity index (χ2n) is 3.78. The molecule has 0 aliphatic carbocycles. The normalized spacial score (nSPS) is 12.9. The monoisotopic (exact) mass is 335 g/mol. The number of anilines is 1. The lowest BCUT2D eigenvalue weighted by molar-refractivity contribution is 0.473. The van der Waals surface area contributed by atoms with Crippen LogP contribution in [-0.4, -0.2) is 16.5 Å². The fourth-order valence-electron chi connectivity index (χ4n) is 1.10. The van der Waals surface area contributed by atoms with Crippen molar-refractivity contribution in [3.63, 3.8) is 0 Å². The predicted octanol–water partition coefficient (Wildman–Crippen LogP) is 3.99. The van der Waals surface area contributed by atoms with Gasteiger partial charge in [-0.05, 0) is 34.0 Å². The van der Waals surface area contributed by atoms with Crippen LogP contribution < -0.4 is 5.32 Å². The van der Waals surface area contributed by atoms with Crippen molar-refractivity contribution in [2.75, 3.05) is 11.9 Å². The van der Waals surface area contributed by atoms with Crippen LogP contribution in [0.5, 0.6) is 5.75 Å². The number of hydrogen-bond acceptors (Lipinski definition) is 2. The maximum absolute atomic E-state index is 9.72. The summed E-state index contributed by atoms with van der Waals surface area (Å²) in [6.07, 6.45) is 0. The van der Waals surface area contributed by atoms with Crippen LogP contribution in [0.4, 0.5) is 5.69 Å². The molecule has 1 aromatic carbocycles. The van der Waals surface area contributed by atoms with Crippen LogP contribution in [0.1, 0.15) is 13.8 Å². The molecule has 15 heavy (non-hydrogen) atoms. The number of para-hydroxylation sites is 1. The molecule has 0 amide bonds. The summed E-state index contributed by atoms with van der Waals surface area (Å²) in [6, 6.07) is 5.57. The summed E-state index contributed by atoms with van der Waals surface area (Å²) >= 11 is 6.87. The molecule has 1 unspecified atom stereocenters. The third-order valence-electron chi connectivity index (χ3n) is 2.20. The number of rotatable bonds is 4. The molecule has 1 rings (SSSR count). The number of hydrogen-bond donors (Lipinski definition) is 2.